The van der Waals surface area contributed by atoms with Crippen LogP contribution in [-0.2, 0) is 16.1 Å². The lowest BCUT2D eigenvalue weighted by Crippen LogP contribution is -2.48. The van der Waals surface area contributed by atoms with Crippen LogP contribution >= 0.6 is 15.9 Å². The van der Waals surface area contributed by atoms with Crippen LogP contribution in [0.25, 0.3) is 10.8 Å². The van der Waals surface area contributed by atoms with Crippen molar-refractivity contribution in [2.24, 2.45) is 0 Å². The number of hydrogen-bond donors (Lipinski definition) is 2. The normalized spacial score (nSPS) is 11.6. The smallest absolute Gasteiger partial charge is 0.279 e. The van der Waals surface area contributed by atoms with Gasteiger partial charge in [-0.25, -0.2) is 4.68 Å². The standard InChI is InChI=1S/C19H17BrN4O4/c1-12(28-15-7-4-6-14(20)9-15)18(26)23-22-17(25)11-24-19(27)16-8-3-2-5-13(16)10-21-24/h2-10,12H,11H2,1H3,(H,22,25)(H,23,26). The summed E-state index contributed by atoms with van der Waals surface area (Å²) >= 11 is 3.32. The molecule has 8 nitrogen and oxygen atoms in total. The van der Waals surface area contributed by atoms with Crippen molar-refractivity contribution >= 4 is 38.5 Å². The summed E-state index contributed by atoms with van der Waals surface area (Å²) in [5, 5.41) is 5.13. The van der Waals surface area contributed by atoms with Gasteiger partial charge < -0.3 is 4.74 Å². The van der Waals surface area contributed by atoms with Gasteiger partial charge >= 0.3 is 0 Å². The van der Waals surface area contributed by atoms with Crippen LogP contribution in [-0.4, -0.2) is 27.7 Å². The van der Waals surface area contributed by atoms with Gasteiger partial charge in [0.1, 0.15) is 12.3 Å². The highest BCUT2D eigenvalue weighted by Crippen LogP contribution is 2.18. The predicted octanol–water partition coefficient (Wildman–Crippen LogP) is 1.77. The zero-order valence-electron chi connectivity index (χ0n) is 14.9. The lowest BCUT2D eigenvalue weighted by atomic mass is 10.2. The highest BCUT2D eigenvalue weighted by Gasteiger charge is 2.16. The number of hydrogen-bond acceptors (Lipinski definition) is 5. The molecule has 2 amide bonds. The Morgan fingerprint density at radius 3 is 2.75 bits per heavy atom. The first-order valence-electron chi connectivity index (χ1n) is 8.40. The van der Waals surface area contributed by atoms with Crippen LogP contribution in [0.4, 0.5) is 0 Å². The topological polar surface area (TPSA) is 102 Å². The first-order chi connectivity index (χ1) is 13.4. The predicted molar refractivity (Wildman–Crippen MR) is 107 cm³/mol. The van der Waals surface area contributed by atoms with Crippen molar-refractivity contribution in [3.8, 4) is 5.75 Å². The van der Waals surface area contributed by atoms with Crippen LogP contribution in [0.1, 0.15) is 6.92 Å². The Labute approximate surface area is 168 Å². The highest BCUT2D eigenvalue weighted by atomic mass is 79.9. The maximum Gasteiger partial charge on any atom is 0.279 e. The Hall–Kier alpha value is -3.20. The maximum absolute atomic E-state index is 12.4. The quantitative estimate of drug-likeness (QED) is 0.583. The molecular formula is C19H17BrN4O4. The second kappa shape index (κ2) is 8.66. The van der Waals surface area contributed by atoms with Gasteiger partial charge in [-0.05, 0) is 31.2 Å². The molecule has 9 heteroatoms. The second-order valence-electron chi connectivity index (χ2n) is 5.95. The summed E-state index contributed by atoms with van der Waals surface area (Å²) in [6, 6.07) is 14.0. The molecule has 144 valence electrons. The lowest BCUT2D eigenvalue weighted by molar-refractivity contribution is -0.133. The molecule has 1 unspecified atom stereocenters. The van der Waals surface area contributed by atoms with Crippen molar-refractivity contribution in [3.63, 3.8) is 0 Å². The molecule has 0 saturated heterocycles. The molecule has 0 radical (unpaired) electrons. The second-order valence-corrected chi connectivity index (χ2v) is 6.87. The summed E-state index contributed by atoms with van der Waals surface area (Å²) in [5.74, 6) is -0.615. The molecule has 1 atom stereocenters. The maximum atomic E-state index is 12.4. The van der Waals surface area contributed by atoms with Gasteiger partial charge in [0.05, 0.1) is 11.6 Å². The Bertz CT molecular complexity index is 1080. The zero-order chi connectivity index (χ0) is 20.1. The number of ether oxygens (including phenoxy) is 1. The fraction of sp³-hybridized carbons (Fsp3) is 0.158. The third-order valence-electron chi connectivity index (χ3n) is 3.86. The van der Waals surface area contributed by atoms with Crippen molar-refractivity contribution in [2.45, 2.75) is 19.6 Å². The van der Waals surface area contributed by atoms with E-state index in [-0.39, 0.29) is 12.1 Å². The molecule has 0 bridgehead atoms. The highest BCUT2D eigenvalue weighted by molar-refractivity contribution is 9.10. The van der Waals surface area contributed by atoms with E-state index >= 15 is 0 Å². The minimum absolute atomic E-state index is 0.329. The van der Waals surface area contributed by atoms with Gasteiger partial charge in [-0.1, -0.05) is 40.2 Å². The van der Waals surface area contributed by atoms with Gasteiger partial charge in [0.15, 0.2) is 6.10 Å². The average Bonchev–Trinajstić information content (AvgIpc) is 2.68. The molecule has 0 fully saturated rings. The fourth-order valence-electron chi connectivity index (χ4n) is 2.45. The average molecular weight is 445 g/mol. The Morgan fingerprint density at radius 2 is 1.96 bits per heavy atom. The molecule has 1 aromatic heterocycles. The summed E-state index contributed by atoms with van der Waals surface area (Å²) < 4.78 is 7.37. The van der Waals surface area contributed by atoms with Crippen LogP contribution in [0.15, 0.2) is 64.0 Å². The number of carbonyl (C=O) groups excluding carboxylic acids is 2. The number of nitrogens with one attached hydrogen (secondary N) is 2. The minimum atomic E-state index is -0.837. The van der Waals surface area contributed by atoms with E-state index in [0.717, 1.165) is 9.15 Å². The van der Waals surface area contributed by atoms with Crippen molar-refractivity contribution in [1.29, 1.82) is 0 Å². The van der Waals surface area contributed by atoms with E-state index in [0.29, 0.717) is 16.5 Å². The van der Waals surface area contributed by atoms with E-state index < -0.39 is 17.9 Å². The number of aromatic nitrogens is 2. The number of amides is 2. The molecule has 3 rings (SSSR count). The number of benzene rings is 2. The monoisotopic (exact) mass is 444 g/mol. The molecule has 2 N–H and O–H groups in total. The minimum Gasteiger partial charge on any atom is -0.481 e. The van der Waals surface area contributed by atoms with Gasteiger partial charge in [-0.2, -0.15) is 5.10 Å². The number of hydrazine groups is 1. The third kappa shape index (κ3) is 4.74. The summed E-state index contributed by atoms with van der Waals surface area (Å²) in [7, 11) is 0. The molecule has 1 heterocycles. The molecule has 3 aromatic rings. The van der Waals surface area contributed by atoms with E-state index in [2.05, 4.69) is 31.9 Å². The summed E-state index contributed by atoms with van der Waals surface area (Å²) in [6.45, 7) is 1.22. The van der Waals surface area contributed by atoms with E-state index in [1.54, 1.807) is 49.4 Å². The first-order valence-corrected chi connectivity index (χ1v) is 9.19. The lowest BCUT2D eigenvalue weighted by Gasteiger charge is -2.15. The summed E-state index contributed by atoms with van der Waals surface area (Å²) in [6.07, 6.45) is 0.673. The van der Waals surface area contributed by atoms with Gasteiger partial charge in [0.25, 0.3) is 17.4 Å². The van der Waals surface area contributed by atoms with Crippen molar-refractivity contribution < 1.29 is 14.3 Å². The molecule has 0 aliphatic carbocycles. The van der Waals surface area contributed by atoms with Gasteiger partial charge in [0, 0.05) is 9.86 Å². The number of halogens is 1. The Balaban J connectivity index is 1.56. The summed E-state index contributed by atoms with van der Waals surface area (Å²) in [5.41, 5.74) is 4.15. The number of fused-ring (bicyclic) bond motifs is 1. The molecule has 0 aliphatic heterocycles. The van der Waals surface area contributed by atoms with Crippen LogP contribution in [0.3, 0.4) is 0 Å². The summed E-state index contributed by atoms with van der Waals surface area (Å²) in [4.78, 5) is 36.5. The number of nitrogens with zero attached hydrogens (tertiary/aromatic N) is 2. The molecular weight excluding hydrogens is 428 g/mol. The van der Waals surface area contributed by atoms with Crippen molar-refractivity contribution in [3.05, 3.63) is 69.6 Å². The van der Waals surface area contributed by atoms with E-state index in [9.17, 15) is 14.4 Å². The Morgan fingerprint density at radius 1 is 1.18 bits per heavy atom. The molecule has 0 spiro atoms. The van der Waals surface area contributed by atoms with Crippen LogP contribution in [0, 0.1) is 0 Å². The first kappa shape index (κ1) is 19.6. The van der Waals surface area contributed by atoms with E-state index in [1.165, 1.54) is 6.20 Å². The van der Waals surface area contributed by atoms with E-state index in [1.807, 2.05) is 6.07 Å². The van der Waals surface area contributed by atoms with Crippen molar-refractivity contribution in [1.82, 2.24) is 20.6 Å². The number of rotatable bonds is 5. The molecule has 28 heavy (non-hydrogen) atoms. The molecule has 0 saturated carbocycles. The van der Waals surface area contributed by atoms with E-state index in [4.69, 9.17) is 4.74 Å². The molecule has 0 aliphatic rings. The number of carbonyl (C=O) groups is 2. The fourth-order valence-corrected chi connectivity index (χ4v) is 2.83. The van der Waals surface area contributed by atoms with Crippen LogP contribution < -0.4 is 21.1 Å². The SMILES string of the molecule is CC(Oc1cccc(Br)c1)C(=O)NNC(=O)Cn1ncc2ccccc2c1=O. The van der Waals surface area contributed by atoms with Crippen molar-refractivity contribution in [2.75, 3.05) is 0 Å². The third-order valence-corrected chi connectivity index (χ3v) is 4.35. The van der Waals surface area contributed by atoms with Crippen LogP contribution in [0.5, 0.6) is 5.75 Å². The van der Waals surface area contributed by atoms with Gasteiger partial charge in [-0.3, -0.25) is 25.2 Å². The van der Waals surface area contributed by atoms with Crippen LogP contribution in [0.2, 0.25) is 0 Å². The molecule has 2 aromatic carbocycles. The largest absolute Gasteiger partial charge is 0.481 e. The Kier molecular flexibility index (Phi) is 6.05. The van der Waals surface area contributed by atoms with Gasteiger partial charge in [-0.15, -0.1) is 0 Å². The zero-order valence-corrected chi connectivity index (χ0v) is 16.5. The van der Waals surface area contributed by atoms with Gasteiger partial charge in [0.2, 0.25) is 0 Å².